The standard InChI is InChI=1S/C21H22ClNO7S/c1-2-29-6-3-7-30-17-10-18-14(9-16(17)22)19-12(11-31(18,27)28)8-15(21(25)26)20(24)23(19)13-4-5-13/h8-10,13H,2-7,11H2,1H3,(H,25,26). The van der Waals surface area contributed by atoms with Crippen molar-refractivity contribution in [1.29, 1.82) is 0 Å². The Kier molecular flexibility index (Phi) is 5.85. The van der Waals surface area contributed by atoms with Gasteiger partial charge in [-0.3, -0.25) is 4.79 Å². The lowest BCUT2D eigenvalue weighted by Crippen LogP contribution is -2.30. The van der Waals surface area contributed by atoms with Gasteiger partial charge < -0.3 is 19.1 Å². The molecular formula is C21H22ClNO7S. The van der Waals surface area contributed by atoms with Crippen LogP contribution in [0.3, 0.4) is 0 Å². The molecule has 0 bridgehead atoms. The first-order valence-electron chi connectivity index (χ1n) is 10.0. The van der Waals surface area contributed by atoms with Gasteiger partial charge in [-0.05, 0) is 37.5 Å². The number of hydrogen-bond donors (Lipinski definition) is 1. The summed E-state index contributed by atoms with van der Waals surface area (Å²) in [5.74, 6) is -1.53. The summed E-state index contributed by atoms with van der Waals surface area (Å²) in [6, 6.07) is 3.90. The van der Waals surface area contributed by atoms with Crippen molar-refractivity contribution in [1.82, 2.24) is 4.57 Å². The molecule has 31 heavy (non-hydrogen) atoms. The Hall–Kier alpha value is -2.36. The van der Waals surface area contributed by atoms with Crippen LogP contribution >= 0.6 is 11.6 Å². The largest absolute Gasteiger partial charge is 0.492 e. The van der Waals surface area contributed by atoms with E-state index in [-0.39, 0.29) is 27.3 Å². The van der Waals surface area contributed by atoms with E-state index in [0.717, 1.165) is 12.8 Å². The van der Waals surface area contributed by atoms with E-state index in [1.54, 1.807) is 0 Å². The SMILES string of the molecule is CCOCCCOc1cc2c(cc1Cl)-c1c(cc(C(=O)O)c(=O)n1C1CC1)CS2(=O)=O. The van der Waals surface area contributed by atoms with Crippen LogP contribution in [0.4, 0.5) is 0 Å². The highest BCUT2D eigenvalue weighted by atomic mass is 35.5. The van der Waals surface area contributed by atoms with Gasteiger partial charge in [-0.15, -0.1) is 0 Å². The van der Waals surface area contributed by atoms with E-state index < -0.39 is 32.7 Å². The van der Waals surface area contributed by atoms with Gasteiger partial charge in [-0.25, -0.2) is 13.2 Å². The summed E-state index contributed by atoms with van der Waals surface area (Å²) in [4.78, 5) is 24.5. The molecule has 1 aliphatic carbocycles. The fourth-order valence-electron chi connectivity index (χ4n) is 3.80. The average Bonchev–Trinajstić information content (AvgIpc) is 3.53. The maximum absolute atomic E-state index is 13.0. The number of halogens is 1. The molecule has 1 fully saturated rings. The first kappa shape index (κ1) is 21.9. The fourth-order valence-corrected chi connectivity index (χ4v) is 5.58. The molecule has 0 unspecified atom stereocenters. The summed E-state index contributed by atoms with van der Waals surface area (Å²) < 4.78 is 38.4. The Morgan fingerprint density at radius 1 is 1.26 bits per heavy atom. The summed E-state index contributed by atoms with van der Waals surface area (Å²) in [6.07, 6.45) is 2.08. The van der Waals surface area contributed by atoms with Crippen LogP contribution in [0, 0.1) is 0 Å². The monoisotopic (exact) mass is 467 g/mol. The fraction of sp³-hybridized carbons (Fsp3) is 0.429. The Balaban J connectivity index is 1.83. The molecule has 0 radical (unpaired) electrons. The van der Waals surface area contributed by atoms with Crippen molar-refractivity contribution in [3.05, 3.63) is 44.7 Å². The molecule has 8 nitrogen and oxygen atoms in total. The molecule has 1 aromatic carbocycles. The second kappa shape index (κ2) is 8.29. The average molecular weight is 468 g/mol. The van der Waals surface area contributed by atoms with E-state index in [1.165, 1.54) is 22.8 Å². The third-order valence-corrected chi connectivity index (χ3v) is 7.31. The van der Waals surface area contributed by atoms with Crippen LogP contribution < -0.4 is 10.3 Å². The molecule has 4 rings (SSSR count). The molecular weight excluding hydrogens is 446 g/mol. The molecule has 2 aromatic rings. The van der Waals surface area contributed by atoms with Crippen molar-refractivity contribution in [2.24, 2.45) is 0 Å². The Bertz CT molecular complexity index is 1220. The lowest BCUT2D eigenvalue weighted by Gasteiger charge is -2.25. The van der Waals surface area contributed by atoms with Crippen LogP contribution in [0.5, 0.6) is 5.75 Å². The molecule has 1 saturated carbocycles. The molecule has 2 aliphatic rings. The third kappa shape index (κ3) is 4.09. The number of hydrogen-bond acceptors (Lipinski definition) is 6. The normalized spacial score (nSPS) is 16.5. The number of rotatable bonds is 8. The maximum atomic E-state index is 13.0. The maximum Gasteiger partial charge on any atom is 0.341 e. The summed E-state index contributed by atoms with van der Waals surface area (Å²) >= 11 is 6.40. The summed E-state index contributed by atoms with van der Waals surface area (Å²) in [5, 5.41) is 9.64. The van der Waals surface area contributed by atoms with Gasteiger partial charge in [-0.2, -0.15) is 0 Å². The van der Waals surface area contributed by atoms with Crippen molar-refractivity contribution >= 4 is 27.4 Å². The predicted molar refractivity (Wildman–Crippen MR) is 114 cm³/mol. The van der Waals surface area contributed by atoms with Gasteiger partial charge >= 0.3 is 5.97 Å². The van der Waals surface area contributed by atoms with Crippen LogP contribution in [-0.2, 0) is 20.3 Å². The van der Waals surface area contributed by atoms with Crippen molar-refractivity contribution in [2.75, 3.05) is 19.8 Å². The molecule has 1 aromatic heterocycles. The second-order valence-corrected chi connectivity index (χ2v) is 9.95. The Morgan fingerprint density at radius 3 is 2.65 bits per heavy atom. The summed E-state index contributed by atoms with van der Waals surface area (Å²) in [7, 11) is -3.78. The van der Waals surface area contributed by atoms with Crippen molar-refractivity contribution in [3.63, 3.8) is 0 Å². The minimum Gasteiger partial charge on any atom is -0.492 e. The van der Waals surface area contributed by atoms with Gasteiger partial charge in [-0.1, -0.05) is 11.6 Å². The van der Waals surface area contributed by atoms with Crippen LogP contribution in [0.25, 0.3) is 11.3 Å². The minimum absolute atomic E-state index is 0.0288. The molecule has 1 N–H and O–H groups in total. The summed E-state index contributed by atoms with van der Waals surface area (Å²) in [6.45, 7) is 3.32. The number of carboxylic acid groups (broad SMARTS) is 1. The van der Waals surface area contributed by atoms with Gasteiger partial charge in [0.05, 0.1) is 28.0 Å². The molecule has 1 aliphatic heterocycles. The van der Waals surface area contributed by atoms with E-state index in [9.17, 15) is 23.1 Å². The number of benzene rings is 1. The second-order valence-electron chi connectivity index (χ2n) is 7.58. The number of carboxylic acids is 1. The highest BCUT2D eigenvalue weighted by Gasteiger charge is 2.37. The highest BCUT2D eigenvalue weighted by molar-refractivity contribution is 7.90. The minimum atomic E-state index is -3.78. The van der Waals surface area contributed by atoms with Gasteiger partial charge in [0.2, 0.25) is 0 Å². The van der Waals surface area contributed by atoms with E-state index in [1.807, 2.05) is 6.92 Å². The lowest BCUT2D eigenvalue weighted by molar-refractivity contribution is 0.0694. The quantitative estimate of drug-likeness (QED) is 0.593. The first-order valence-corrected chi connectivity index (χ1v) is 12.1. The third-order valence-electron chi connectivity index (χ3n) is 5.32. The topological polar surface area (TPSA) is 112 Å². The zero-order valence-corrected chi connectivity index (χ0v) is 18.5. The molecule has 0 atom stereocenters. The van der Waals surface area contributed by atoms with E-state index in [2.05, 4.69) is 0 Å². The number of fused-ring (bicyclic) bond motifs is 3. The molecule has 0 spiro atoms. The van der Waals surface area contributed by atoms with Crippen LogP contribution in [0.1, 0.15) is 48.1 Å². The van der Waals surface area contributed by atoms with Gasteiger partial charge in [0, 0.05) is 37.3 Å². The Morgan fingerprint density at radius 2 is 2.00 bits per heavy atom. The molecule has 0 amide bonds. The van der Waals surface area contributed by atoms with Gasteiger partial charge in [0.15, 0.2) is 9.84 Å². The van der Waals surface area contributed by atoms with Crippen molar-refractivity contribution in [3.8, 4) is 17.0 Å². The van der Waals surface area contributed by atoms with Crippen molar-refractivity contribution < 1.29 is 27.8 Å². The Labute approximate surface area is 184 Å². The number of ether oxygens (including phenoxy) is 2. The molecule has 2 heterocycles. The van der Waals surface area contributed by atoms with E-state index in [0.29, 0.717) is 37.5 Å². The van der Waals surface area contributed by atoms with Crippen LogP contribution in [0.2, 0.25) is 5.02 Å². The number of nitrogens with zero attached hydrogens (tertiary/aromatic N) is 1. The number of aromatic nitrogens is 1. The molecule has 0 saturated heterocycles. The zero-order valence-electron chi connectivity index (χ0n) is 16.9. The molecule has 10 heteroatoms. The smallest absolute Gasteiger partial charge is 0.341 e. The van der Waals surface area contributed by atoms with Crippen molar-refractivity contribution in [2.45, 2.75) is 42.9 Å². The van der Waals surface area contributed by atoms with Crippen LogP contribution in [-0.4, -0.2) is 43.9 Å². The van der Waals surface area contributed by atoms with Gasteiger partial charge in [0.25, 0.3) is 5.56 Å². The zero-order chi connectivity index (χ0) is 22.3. The number of aromatic carboxylic acids is 1. The number of pyridine rings is 1. The predicted octanol–water partition coefficient (Wildman–Crippen LogP) is 3.29. The number of carbonyl (C=O) groups is 1. The van der Waals surface area contributed by atoms with E-state index in [4.69, 9.17) is 21.1 Å². The summed E-state index contributed by atoms with van der Waals surface area (Å²) in [5.41, 5.74) is -0.0464. The van der Waals surface area contributed by atoms with Gasteiger partial charge in [0.1, 0.15) is 11.3 Å². The first-order chi connectivity index (χ1) is 14.7. The van der Waals surface area contributed by atoms with Crippen LogP contribution in [0.15, 0.2) is 27.9 Å². The van der Waals surface area contributed by atoms with E-state index >= 15 is 0 Å². The lowest BCUT2D eigenvalue weighted by atomic mass is 10.0. The highest BCUT2D eigenvalue weighted by Crippen LogP contribution is 2.46. The molecule has 166 valence electrons. The number of sulfone groups is 1.